The van der Waals surface area contributed by atoms with Crippen molar-refractivity contribution in [2.45, 2.75) is 13.2 Å². The Morgan fingerprint density at radius 3 is 1.57 bits per heavy atom. The molecule has 2 nitrogen and oxygen atoms in total. The average Bonchev–Trinajstić information content (AvgIpc) is 2.61. The summed E-state index contributed by atoms with van der Waals surface area (Å²) in [7, 11) is 0. The van der Waals surface area contributed by atoms with E-state index in [4.69, 9.17) is 21.1 Å². The van der Waals surface area contributed by atoms with E-state index in [0.717, 1.165) is 27.6 Å². The number of hydrogen-bond donors (Lipinski definition) is 0. The smallest absolute Gasteiger partial charge is 0.120 e. The van der Waals surface area contributed by atoms with Crippen molar-refractivity contribution in [2.24, 2.45) is 0 Å². The van der Waals surface area contributed by atoms with Gasteiger partial charge in [0, 0.05) is 5.02 Å². The fourth-order valence-electron chi connectivity index (χ4n) is 2.12. The Kier molecular flexibility index (Phi) is 5.17. The third kappa shape index (κ3) is 4.76. The van der Waals surface area contributed by atoms with Gasteiger partial charge < -0.3 is 9.47 Å². The lowest BCUT2D eigenvalue weighted by molar-refractivity contribution is 0.297. The van der Waals surface area contributed by atoms with Gasteiger partial charge in [-0.25, -0.2) is 0 Å². The van der Waals surface area contributed by atoms with Crippen LogP contribution in [-0.4, -0.2) is 0 Å². The van der Waals surface area contributed by atoms with Gasteiger partial charge in [0.25, 0.3) is 0 Å². The second kappa shape index (κ2) is 7.70. The average molecular weight is 325 g/mol. The summed E-state index contributed by atoms with van der Waals surface area (Å²) >= 11 is 5.87. The molecule has 0 N–H and O–H groups in total. The molecule has 0 fully saturated rings. The number of ether oxygens (including phenoxy) is 2. The second-order valence-corrected chi connectivity index (χ2v) is 5.60. The first-order valence-corrected chi connectivity index (χ1v) is 7.81. The van der Waals surface area contributed by atoms with Gasteiger partial charge in [0.1, 0.15) is 24.7 Å². The summed E-state index contributed by atoms with van der Waals surface area (Å²) in [6, 6.07) is 25.4. The molecule has 0 atom stereocenters. The maximum Gasteiger partial charge on any atom is 0.120 e. The van der Waals surface area contributed by atoms with Gasteiger partial charge >= 0.3 is 0 Å². The number of hydrogen-bond acceptors (Lipinski definition) is 2. The van der Waals surface area contributed by atoms with Crippen LogP contribution in [0.1, 0.15) is 11.1 Å². The van der Waals surface area contributed by atoms with Gasteiger partial charge in [-0.1, -0.05) is 54.1 Å². The topological polar surface area (TPSA) is 18.5 Å². The predicted molar refractivity (Wildman–Crippen MR) is 93.0 cm³/mol. The highest BCUT2D eigenvalue weighted by Crippen LogP contribution is 2.20. The lowest BCUT2D eigenvalue weighted by Crippen LogP contribution is -1.96. The van der Waals surface area contributed by atoms with Crippen LogP contribution in [0.25, 0.3) is 0 Å². The zero-order chi connectivity index (χ0) is 15.9. The molecule has 23 heavy (non-hydrogen) atoms. The minimum Gasteiger partial charge on any atom is -0.489 e. The molecule has 0 saturated carbocycles. The monoisotopic (exact) mass is 324 g/mol. The van der Waals surface area contributed by atoms with Gasteiger partial charge in [-0.15, -0.1) is 0 Å². The molecule has 0 aliphatic carbocycles. The highest BCUT2D eigenvalue weighted by atomic mass is 35.5. The second-order valence-electron chi connectivity index (χ2n) is 5.16. The first-order chi connectivity index (χ1) is 11.3. The van der Waals surface area contributed by atoms with Gasteiger partial charge in [-0.05, 0) is 47.5 Å². The summed E-state index contributed by atoms with van der Waals surface area (Å²) in [6.45, 7) is 1.08. The summed E-state index contributed by atoms with van der Waals surface area (Å²) in [6.07, 6.45) is 0. The standard InChI is InChI=1S/C20H17ClO2/c21-18-8-6-17(7-9-18)15-23-20-12-10-19(11-13-20)22-14-16-4-2-1-3-5-16/h1-13H,14-15H2. The van der Waals surface area contributed by atoms with Gasteiger partial charge in [0.2, 0.25) is 0 Å². The SMILES string of the molecule is Clc1ccc(COc2ccc(OCc3ccccc3)cc2)cc1. The maximum atomic E-state index is 5.87. The van der Waals surface area contributed by atoms with Crippen LogP contribution in [0.4, 0.5) is 0 Å². The lowest BCUT2D eigenvalue weighted by atomic mass is 10.2. The Hall–Kier alpha value is -2.45. The molecule has 0 amide bonds. The highest BCUT2D eigenvalue weighted by Gasteiger charge is 1.99. The van der Waals surface area contributed by atoms with Crippen molar-refractivity contribution in [2.75, 3.05) is 0 Å². The van der Waals surface area contributed by atoms with Crippen LogP contribution >= 0.6 is 11.6 Å². The van der Waals surface area contributed by atoms with E-state index in [-0.39, 0.29) is 0 Å². The molecule has 0 unspecified atom stereocenters. The van der Waals surface area contributed by atoms with E-state index in [1.54, 1.807) is 0 Å². The van der Waals surface area contributed by atoms with Crippen LogP contribution < -0.4 is 9.47 Å². The van der Waals surface area contributed by atoms with E-state index in [0.29, 0.717) is 13.2 Å². The number of halogens is 1. The molecule has 0 spiro atoms. The lowest BCUT2D eigenvalue weighted by Gasteiger charge is -2.09. The van der Waals surface area contributed by atoms with E-state index >= 15 is 0 Å². The summed E-state index contributed by atoms with van der Waals surface area (Å²) in [5.41, 5.74) is 2.23. The third-order valence-corrected chi connectivity index (χ3v) is 3.64. The molecule has 0 bridgehead atoms. The van der Waals surface area contributed by atoms with Crippen molar-refractivity contribution < 1.29 is 9.47 Å². The van der Waals surface area contributed by atoms with E-state index in [2.05, 4.69) is 0 Å². The van der Waals surface area contributed by atoms with E-state index in [1.165, 1.54) is 0 Å². The Morgan fingerprint density at radius 1 is 0.565 bits per heavy atom. The van der Waals surface area contributed by atoms with Crippen LogP contribution in [0.2, 0.25) is 5.02 Å². The van der Waals surface area contributed by atoms with E-state index < -0.39 is 0 Å². The third-order valence-electron chi connectivity index (χ3n) is 3.39. The van der Waals surface area contributed by atoms with Crippen LogP contribution in [0.15, 0.2) is 78.9 Å². The van der Waals surface area contributed by atoms with Crippen molar-refractivity contribution in [3.63, 3.8) is 0 Å². The zero-order valence-corrected chi connectivity index (χ0v) is 13.4. The summed E-state index contributed by atoms with van der Waals surface area (Å²) in [4.78, 5) is 0. The van der Waals surface area contributed by atoms with Crippen LogP contribution in [0.5, 0.6) is 11.5 Å². The van der Waals surface area contributed by atoms with Crippen LogP contribution in [0.3, 0.4) is 0 Å². The number of benzene rings is 3. The molecular formula is C20H17ClO2. The minimum atomic E-state index is 0.515. The van der Waals surface area contributed by atoms with Crippen LogP contribution in [0, 0.1) is 0 Å². The molecule has 3 aromatic rings. The van der Waals surface area contributed by atoms with Gasteiger partial charge in [0.15, 0.2) is 0 Å². The van der Waals surface area contributed by atoms with Gasteiger partial charge in [-0.3, -0.25) is 0 Å². The molecule has 116 valence electrons. The molecule has 0 aromatic heterocycles. The highest BCUT2D eigenvalue weighted by molar-refractivity contribution is 6.30. The minimum absolute atomic E-state index is 0.515. The Balaban J connectivity index is 1.51. The Labute approximate surface area is 141 Å². The molecule has 0 heterocycles. The van der Waals surface area contributed by atoms with Gasteiger partial charge in [0.05, 0.1) is 0 Å². The van der Waals surface area contributed by atoms with Crippen molar-refractivity contribution in [1.82, 2.24) is 0 Å². The summed E-state index contributed by atoms with van der Waals surface area (Å²) in [5.74, 6) is 1.64. The zero-order valence-electron chi connectivity index (χ0n) is 12.6. The number of rotatable bonds is 6. The van der Waals surface area contributed by atoms with Gasteiger partial charge in [-0.2, -0.15) is 0 Å². The summed E-state index contributed by atoms with van der Waals surface area (Å²) in [5, 5.41) is 0.730. The molecule has 0 radical (unpaired) electrons. The van der Waals surface area contributed by atoms with Crippen molar-refractivity contribution in [3.8, 4) is 11.5 Å². The first kappa shape index (κ1) is 15.4. The van der Waals surface area contributed by atoms with E-state index in [9.17, 15) is 0 Å². The molecular weight excluding hydrogens is 308 g/mol. The Morgan fingerprint density at radius 2 is 1.04 bits per heavy atom. The molecule has 0 saturated heterocycles. The molecule has 0 aliphatic rings. The predicted octanol–water partition coefficient (Wildman–Crippen LogP) is 5.50. The normalized spacial score (nSPS) is 10.3. The quantitative estimate of drug-likeness (QED) is 0.596. The molecule has 0 aliphatic heterocycles. The fraction of sp³-hybridized carbons (Fsp3) is 0.100. The van der Waals surface area contributed by atoms with E-state index in [1.807, 2.05) is 78.9 Å². The molecule has 3 aromatic carbocycles. The van der Waals surface area contributed by atoms with Crippen LogP contribution in [-0.2, 0) is 13.2 Å². The van der Waals surface area contributed by atoms with Crippen molar-refractivity contribution >= 4 is 11.6 Å². The first-order valence-electron chi connectivity index (χ1n) is 7.44. The largest absolute Gasteiger partial charge is 0.489 e. The van der Waals surface area contributed by atoms with Crippen molar-refractivity contribution in [3.05, 3.63) is 95.0 Å². The fourth-order valence-corrected chi connectivity index (χ4v) is 2.25. The molecule has 3 heteroatoms. The van der Waals surface area contributed by atoms with Crippen molar-refractivity contribution in [1.29, 1.82) is 0 Å². The summed E-state index contributed by atoms with van der Waals surface area (Å²) < 4.78 is 11.5. The maximum absolute atomic E-state index is 5.87. The molecule has 3 rings (SSSR count). The Bertz CT molecular complexity index is 722.